The summed E-state index contributed by atoms with van der Waals surface area (Å²) >= 11 is 0. The summed E-state index contributed by atoms with van der Waals surface area (Å²) in [6, 6.07) is 18.6. The van der Waals surface area contributed by atoms with Crippen LogP contribution in [0.3, 0.4) is 0 Å². The largest absolute Gasteiger partial charge is 0.497 e. The molecule has 0 spiro atoms. The number of hydrogen-bond donors (Lipinski definition) is 0. The maximum atomic E-state index is 11.9. The fourth-order valence-corrected chi connectivity index (χ4v) is 3.04. The second-order valence-corrected chi connectivity index (χ2v) is 6.12. The predicted octanol–water partition coefficient (Wildman–Crippen LogP) is 4.54. The number of benzene rings is 3. The van der Waals surface area contributed by atoms with Gasteiger partial charge in [-0.05, 0) is 47.2 Å². The monoisotopic (exact) mass is 362 g/mol. The van der Waals surface area contributed by atoms with E-state index in [1.807, 2.05) is 48.5 Å². The Labute approximate surface area is 155 Å². The molecule has 1 heterocycles. The Balaban J connectivity index is 1.65. The van der Waals surface area contributed by atoms with Crippen LogP contribution in [0.5, 0.6) is 17.2 Å². The summed E-state index contributed by atoms with van der Waals surface area (Å²) < 4.78 is 21.7. The van der Waals surface area contributed by atoms with E-state index in [2.05, 4.69) is 0 Å². The van der Waals surface area contributed by atoms with Gasteiger partial charge in [-0.3, -0.25) is 0 Å². The SMILES string of the molecule is COc1ccc2ccc(OCc3cc(=O)oc4cc(OC)ccc34)cc2c1. The third-order valence-electron chi connectivity index (χ3n) is 4.45. The molecule has 0 bridgehead atoms. The molecule has 0 saturated carbocycles. The summed E-state index contributed by atoms with van der Waals surface area (Å²) in [5, 5.41) is 2.94. The van der Waals surface area contributed by atoms with Gasteiger partial charge in [0.25, 0.3) is 0 Å². The lowest BCUT2D eigenvalue weighted by atomic mass is 10.1. The molecule has 27 heavy (non-hydrogen) atoms. The zero-order valence-electron chi connectivity index (χ0n) is 15.0. The molecular weight excluding hydrogens is 344 g/mol. The lowest BCUT2D eigenvalue weighted by Crippen LogP contribution is -2.04. The van der Waals surface area contributed by atoms with Crippen molar-refractivity contribution in [2.75, 3.05) is 14.2 Å². The number of ether oxygens (including phenoxy) is 3. The first-order valence-corrected chi connectivity index (χ1v) is 8.47. The quantitative estimate of drug-likeness (QED) is 0.488. The molecule has 0 amide bonds. The van der Waals surface area contributed by atoms with Crippen LogP contribution in [0.4, 0.5) is 0 Å². The average molecular weight is 362 g/mol. The molecule has 0 N–H and O–H groups in total. The first-order valence-electron chi connectivity index (χ1n) is 8.47. The first kappa shape index (κ1) is 17.0. The van der Waals surface area contributed by atoms with Crippen molar-refractivity contribution in [2.45, 2.75) is 6.61 Å². The third-order valence-corrected chi connectivity index (χ3v) is 4.45. The Bertz CT molecular complexity index is 1180. The average Bonchev–Trinajstić information content (AvgIpc) is 2.70. The van der Waals surface area contributed by atoms with Crippen molar-refractivity contribution < 1.29 is 18.6 Å². The highest BCUT2D eigenvalue weighted by molar-refractivity contribution is 5.85. The van der Waals surface area contributed by atoms with Crippen LogP contribution in [0.15, 0.2) is 69.9 Å². The third kappa shape index (κ3) is 3.44. The summed E-state index contributed by atoms with van der Waals surface area (Å²) in [7, 11) is 3.21. The maximum absolute atomic E-state index is 11.9. The van der Waals surface area contributed by atoms with Crippen molar-refractivity contribution in [2.24, 2.45) is 0 Å². The minimum atomic E-state index is -0.419. The molecule has 5 heteroatoms. The molecule has 0 aliphatic carbocycles. The molecule has 0 aliphatic rings. The van der Waals surface area contributed by atoms with Gasteiger partial charge in [-0.1, -0.05) is 12.1 Å². The molecule has 0 saturated heterocycles. The van der Waals surface area contributed by atoms with Crippen molar-refractivity contribution in [1.29, 1.82) is 0 Å². The van der Waals surface area contributed by atoms with Gasteiger partial charge >= 0.3 is 5.63 Å². The van der Waals surface area contributed by atoms with Crippen LogP contribution in [-0.2, 0) is 6.61 Å². The minimum absolute atomic E-state index is 0.254. The van der Waals surface area contributed by atoms with Gasteiger partial charge in [0, 0.05) is 23.1 Å². The fourth-order valence-electron chi connectivity index (χ4n) is 3.04. The Kier molecular flexibility index (Phi) is 4.42. The van der Waals surface area contributed by atoms with Gasteiger partial charge in [-0.25, -0.2) is 4.79 Å². The molecule has 0 fully saturated rings. The molecule has 1 aromatic heterocycles. The Morgan fingerprint density at radius 3 is 2.22 bits per heavy atom. The van der Waals surface area contributed by atoms with Gasteiger partial charge in [0.2, 0.25) is 0 Å². The van der Waals surface area contributed by atoms with Crippen LogP contribution in [-0.4, -0.2) is 14.2 Å². The lowest BCUT2D eigenvalue weighted by Gasteiger charge is -2.10. The number of methoxy groups -OCH3 is 2. The summed E-state index contributed by atoms with van der Waals surface area (Å²) in [6.07, 6.45) is 0. The lowest BCUT2D eigenvalue weighted by molar-refractivity contribution is 0.307. The second-order valence-electron chi connectivity index (χ2n) is 6.12. The molecule has 5 nitrogen and oxygen atoms in total. The van der Waals surface area contributed by atoms with E-state index < -0.39 is 5.63 Å². The van der Waals surface area contributed by atoms with Gasteiger partial charge in [0.1, 0.15) is 29.4 Å². The minimum Gasteiger partial charge on any atom is -0.497 e. The van der Waals surface area contributed by atoms with Crippen LogP contribution in [0.2, 0.25) is 0 Å². The molecule has 0 atom stereocenters. The van der Waals surface area contributed by atoms with Crippen LogP contribution >= 0.6 is 0 Å². The fraction of sp³-hybridized carbons (Fsp3) is 0.136. The van der Waals surface area contributed by atoms with Crippen molar-refractivity contribution in [3.05, 3.63) is 76.6 Å². The number of hydrogen-bond acceptors (Lipinski definition) is 5. The summed E-state index contributed by atoms with van der Waals surface area (Å²) in [6.45, 7) is 0.254. The van der Waals surface area contributed by atoms with Crippen molar-refractivity contribution in [3.8, 4) is 17.2 Å². The highest BCUT2D eigenvalue weighted by Crippen LogP contribution is 2.27. The number of fused-ring (bicyclic) bond motifs is 2. The van der Waals surface area contributed by atoms with Crippen molar-refractivity contribution >= 4 is 21.7 Å². The van der Waals surface area contributed by atoms with E-state index in [0.717, 1.165) is 27.5 Å². The van der Waals surface area contributed by atoms with E-state index in [4.69, 9.17) is 18.6 Å². The molecular formula is C22H18O5. The van der Waals surface area contributed by atoms with E-state index in [9.17, 15) is 4.79 Å². The van der Waals surface area contributed by atoms with Gasteiger partial charge in [0.15, 0.2) is 0 Å². The molecule has 0 radical (unpaired) electrons. The van der Waals surface area contributed by atoms with Crippen LogP contribution < -0.4 is 19.8 Å². The first-order chi connectivity index (χ1) is 13.2. The van der Waals surface area contributed by atoms with Crippen LogP contribution in [0.25, 0.3) is 21.7 Å². The van der Waals surface area contributed by atoms with Crippen molar-refractivity contribution in [1.82, 2.24) is 0 Å². The maximum Gasteiger partial charge on any atom is 0.336 e. The van der Waals surface area contributed by atoms with Gasteiger partial charge < -0.3 is 18.6 Å². The summed E-state index contributed by atoms with van der Waals surface area (Å²) in [4.78, 5) is 11.9. The molecule has 136 valence electrons. The van der Waals surface area contributed by atoms with E-state index in [1.54, 1.807) is 20.3 Å². The summed E-state index contributed by atoms with van der Waals surface area (Å²) in [5.41, 5.74) is 0.816. The topological polar surface area (TPSA) is 57.9 Å². The van der Waals surface area contributed by atoms with Crippen molar-refractivity contribution in [3.63, 3.8) is 0 Å². The van der Waals surface area contributed by atoms with E-state index >= 15 is 0 Å². The zero-order chi connectivity index (χ0) is 18.8. The van der Waals surface area contributed by atoms with Gasteiger partial charge in [-0.2, -0.15) is 0 Å². The normalized spacial score (nSPS) is 10.9. The van der Waals surface area contributed by atoms with E-state index in [-0.39, 0.29) is 6.61 Å². The Hall–Kier alpha value is -3.47. The predicted molar refractivity (Wildman–Crippen MR) is 104 cm³/mol. The van der Waals surface area contributed by atoms with Crippen LogP contribution in [0, 0.1) is 0 Å². The van der Waals surface area contributed by atoms with Gasteiger partial charge in [0.05, 0.1) is 14.2 Å². The zero-order valence-corrected chi connectivity index (χ0v) is 15.0. The van der Waals surface area contributed by atoms with Crippen LogP contribution in [0.1, 0.15) is 5.56 Å². The number of rotatable bonds is 5. The highest BCUT2D eigenvalue weighted by Gasteiger charge is 2.08. The van der Waals surface area contributed by atoms with E-state index in [0.29, 0.717) is 17.1 Å². The Morgan fingerprint density at radius 2 is 1.44 bits per heavy atom. The van der Waals surface area contributed by atoms with Gasteiger partial charge in [-0.15, -0.1) is 0 Å². The summed E-state index contributed by atoms with van der Waals surface area (Å²) in [5.74, 6) is 2.14. The van der Waals surface area contributed by atoms with E-state index in [1.165, 1.54) is 6.07 Å². The highest BCUT2D eigenvalue weighted by atomic mass is 16.5. The standard InChI is InChI=1S/C22H18O5/c1-24-17-5-3-14-4-6-19(10-15(14)9-17)26-13-16-11-22(23)27-21-12-18(25-2)7-8-20(16)21/h3-12H,13H2,1-2H3. The smallest absolute Gasteiger partial charge is 0.336 e. The molecule has 3 aromatic carbocycles. The molecule has 4 aromatic rings. The Morgan fingerprint density at radius 1 is 0.778 bits per heavy atom. The molecule has 4 rings (SSSR count). The molecule has 0 unspecified atom stereocenters. The molecule has 0 aliphatic heterocycles. The second kappa shape index (κ2) is 7.03.